The van der Waals surface area contributed by atoms with Crippen LogP contribution < -0.4 is 10.6 Å². The lowest BCUT2D eigenvalue weighted by Crippen LogP contribution is -2.43. The van der Waals surface area contributed by atoms with Crippen molar-refractivity contribution in [3.8, 4) is 0 Å². The van der Waals surface area contributed by atoms with Gasteiger partial charge in [-0.05, 0) is 20.3 Å². The summed E-state index contributed by atoms with van der Waals surface area (Å²) in [5, 5.41) is 6.50. The molecular formula is C13H27IN4O2. The van der Waals surface area contributed by atoms with Gasteiger partial charge in [-0.15, -0.1) is 24.0 Å². The fourth-order valence-electron chi connectivity index (χ4n) is 1.70. The number of amides is 1. The number of hydrogen-bond donors (Lipinski definition) is 2. The molecule has 1 aliphatic rings. The van der Waals surface area contributed by atoms with Crippen LogP contribution in [0.5, 0.6) is 0 Å². The van der Waals surface area contributed by atoms with E-state index < -0.39 is 0 Å². The zero-order valence-corrected chi connectivity index (χ0v) is 15.1. The van der Waals surface area contributed by atoms with E-state index in [1.54, 1.807) is 19.0 Å². The van der Waals surface area contributed by atoms with Crippen molar-refractivity contribution in [2.45, 2.75) is 26.3 Å². The minimum Gasteiger partial charge on any atom is -0.381 e. The lowest BCUT2D eigenvalue weighted by atomic mass is 10.1. The Kier molecular flexibility index (Phi) is 9.91. The monoisotopic (exact) mass is 398 g/mol. The number of carbonyl (C=O) groups is 1. The Bertz CT molecular complexity index is 315. The van der Waals surface area contributed by atoms with Crippen LogP contribution in [0.15, 0.2) is 4.99 Å². The molecule has 1 heterocycles. The van der Waals surface area contributed by atoms with Crippen molar-refractivity contribution in [1.82, 2.24) is 15.5 Å². The van der Waals surface area contributed by atoms with Gasteiger partial charge in [0, 0.05) is 39.2 Å². The molecule has 0 aromatic carbocycles. The summed E-state index contributed by atoms with van der Waals surface area (Å²) >= 11 is 0. The predicted molar refractivity (Wildman–Crippen MR) is 91.6 cm³/mol. The zero-order valence-electron chi connectivity index (χ0n) is 12.8. The van der Waals surface area contributed by atoms with Crippen molar-refractivity contribution < 1.29 is 9.53 Å². The molecule has 20 heavy (non-hydrogen) atoms. The Labute approximate surface area is 138 Å². The molecule has 1 atom stereocenters. The van der Waals surface area contributed by atoms with Gasteiger partial charge >= 0.3 is 0 Å². The first-order valence-corrected chi connectivity index (χ1v) is 6.81. The van der Waals surface area contributed by atoms with E-state index in [1.807, 2.05) is 13.8 Å². The molecule has 1 aliphatic heterocycles. The van der Waals surface area contributed by atoms with E-state index in [9.17, 15) is 4.79 Å². The number of guanidine groups is 1. The highest BCUT2D eigenvalue weighted by molar-refractivity contribution is 14.0. The molecular weight excluding hydrogens is 371 g/mol. The maximum Gasteiger partial charge on any atom is 0.243 e. The van der Waals surface area contributed by atoms with Crippen LogP contribution in [-0.4, -0.2) is 63.2 Å². The lowest BCUT2D eigenvalue weighted by molar-refractivity contribution is -0.127. The fourth-order valence-corrected chi connectivity index (χ4v) is 1.70. The second kappa shape index (κ2) is 10.2. The Morgan fingerprint density at radius 3 is 2.65 bits per heavy atom. The van der Waals surface area contributed by atoms with Crippen LogP contribution in [0.2, 0.25) is 0 Å². The number of ether oxygens (including phenoxy) is 1. The minimum atomic E-state index is -0.00550. The maximum absolute atomic E-state index is 11.5. The molecule has 2 N–H and O–H groups in total. The summed E-state index contributed by atoms with van der Waals surface area (Å²) in [5.74, 6) is 1.22. The molecule has 1 saturated heterocycles. The van der Waals surface area contributed by atoms with Gasteiger partial charge < -0.3 is 20.3 Å². The molecule has 0 radical (unpaired) electrons. The van der Waals surface area contributed by atoms with Gasteiger partial charge in [0.2, 0.25) is 5.91 Å². The number of likely N-dealkylation sites (N-methyl/N-ethyl adjacent to an activating group) is 1. The van der Waals surface area contributed by atoms with Crippen molar-refractivity contribution in [1.29, 1.82) is 0 Å². The van der Waals surface area contributed by atoms with Crippen molar-refractivity contribution in [3.63, 3.8) is 0 Å². The smallest absolute Gasteiger partial charge is 0.243 e. The first kappa shape index (κ1) is 19.4. The highest BCUT2D eigenvalue weighted by atomic mass is 127. The van der Waals surface area contributed by atoms with E-state index in [1.165, 1.54) is 0 Å². The summed E-state index contributed by atoms with van der Waals surface area (Å²) in [6, 6.07) is 0.278. The van der Waals surface area contributed by atoms with Crippen LogP contribution in [0.1, 0.15) is 20.3 Å². The highest BCUT2D eigenvalue weighted by Crippen LogP contribution is 2.10. The first-order chi connectivity index (χ1) is 8.99. The van der Waals surface area contributed by atoms with Gasteiger partial charge in [-0.3, -0.25) is 4.79 Å². The number of nitrogens with one attached hydrogen (secondary N) is 2. The Balaban J connectivity index is 0.00000361. The van der Waals surface area contributed by atoms with Gasteiger partial charge in [-0.2, -0.15) is 0 Å². The Morgan fingerprint density at radius 1 is 1.45 bits per heavy atom. The van der Waals surface area contributed by atoms with Crippen LogP contribution in [0.4, 0.5) is 0 Å². The number of hydrogen-bond acceptors (Lipinski definition) is 3. The van der Waals surface area contributed by atoms with Crippen molar-refractivity contribution >= 4 is 35.8 Å². The average molecular weight is 398 g/mol. The van der Waals surface area contributed by atoms with Crippen LogP contribution in [-0.2, 0) is 9.53 Å². The summed E-state index contributed by atoms with van der Waals surface area (Å²) in [7, 11) is 3.47. The summed E-state index contributed by atoms with van der Waals surface area (Å²) in [4.78, 5) is 17.4. The van der Waals surface area contributed by atoms with E-state index in [0.717, 1.165) is 26.2 Å². The molecule has 7 heteroatoms. The van der Waals surface area contributed by atoms with E-state index >= 15 is 0 Å². The van der Waals surface area contributed by atoms with Crippen molar-refractivity contribution in [2.24, 2.45) is 10.9 Å². The predicted octanol–water partition coefficient (Wildman–Crippen LogP) is 0.673. The second-order valence-electron chi connectivity index (χ2n) is 5.36. The summed E-state index contributed by atoms with van der Waals surface area (Å²) in [6.07, 6.45) is 1.08. The molecule has 6 nitrogen and oxygen atoms in total. The van der Waals surface area contributed by atoms with E-state index in [4.69, 9.17) is 4.74 Å². The number of nitrogens with zero attached hydrogens (tertiary/aromatic N) is 2. The molecule has 0 aliphatic carbocycles. The molecule has 0 aromatic rings. The first-order valence-electron chi connectivity index (χ1n) is 6.81. The third-order valence-corrected chi connectivity index (χ3v) is 2.88. The molecule has 0 saturated carbocycles. The normalized spacial score (nSPS) is 18.6. The summed E-state index contributed by atoms with van der Waals surface area (Å²) < 4.78 is 5.34. The van der Waals surface area contributed by atoms with Crippen molar-refractivity contribution in [2.75, 3.05) is 40.4 Å². The largest absolute Gasteiger partial charge is 0.381 e. The molecule has 0 aromatic heterocycles. The van der Waals surface area contributed by atoms with Gasteiger partial charge in [0.25, 0.3) is 0 Å². The maximum atomic E-state index is 11.5. The Hall–Kier alpha value is -0.570. The van der Waals surface area contributed by atoms with Crippen LogP contribution in [0, 0.1) is 5.92 Å². The highest BCUT2D eigenvalue weighted by Gasteiger charge is 2.16. The second-order valence-corrected chi connectivity index (χ2v) is 5.36. The molecule has 1 fully saturated rings. The average Bonchev–Trinajstić information content (AvgIpc) is 2.84. The lowest BCUT2D eigenvalue weighted by Gasteiger charge is -2.17. The third-order valence-electron chi connectivity index (χ3n) is 2.88. The summed E-state index contributed by atoms with van der Waals surface area (Å²) in [5.41, 5.74) is 0. The van der Waals surface area contributed by atoms with Gasteiger partial charge in [-0.25, -0.2) is 4.99 Å². The van der Waals surface area contributed by atoms with Crippen LogP contribution >= 0.6 is 24.0 Å². The van der Waals surface area contributed by atoms with Gasteiger partial charge in [0.15, 0.2) is 5.96 Å². The number of aliphatic imine (C=N–C) groups is 1. The van der Waals surface area contributed by atoms with E-state index in [2.05, 4.69) is 15.6 Å². The molecule has 0 bridgehead atoms. The SMILES string of the molecule is CC(C)NC(=NCC(=O)N(C)C)NCC1CCOC1.I. The molecule has 118 valence electrons. The quantitative estimate of drug-likeness (QED) is 0.406. The fraction of sp³-hybridized carbons (Fsp3) is 0.846. The minimum absolute atomic E-state index is 0. The molecule has 1 rings (SSSR count). The number of carbonyl (C=O) groups excluding carboxylic acids is 1. The number of halogens is 1. The van der Waals surface area contributed by atoms with Gasteiger partial charge in [0.1, 0.15) is 6.54 Å². The zero-order chi connectivity index (χ0) is 14.3. The summed E-state index contributed by atoms with van der Waals surface area (Å²) in [6.45, 7) is 6.73. The van der Waals surface area contributed by atoms with E-state index in [-0.39, 0.29) is 42.5 Å². The molecule has 0 spiro atoms. The van der Waals surface area contributed by atoms with E-state index in [0.29, 0.717) is 11.9 Å². The van der Waals surface area contributed by atoms with Crippen LogP contribution in [0.3, 0.4) is 0 Å². The standard InChI is InChI=1S/C13H26N4O2.HI/c1-10(2)16-13(15-8-12(18)17(3)4)14-7-11-5-6-19-9-11;/h10-11H,5-9H2,1-4H3,(H2,14,15,16);1H. The molecule has 1 unspecified atom stereocenters. The van der Waals surface area contributed by atoms with Gasteiger partial charge in [-0.1, -0.05) is 0 Å². The van der Waals surface area contributed by atoms with Crippen molar-refractivity contribution in [3.05, 3.63) is 0 Å². The Morgan fingerprint density at radius 2 is 2.15 bits per heavy atom. The molecule has 1 amide bonds. The van der Waals surface area contributed by atoms with Gasteiger partial charge in [0.05, 0.1) is 6.61 Å². The third kappa shape index (κ3) is 7.88. The topological polar surface area (TPSA) is 66.0 Å². The number of rotatable bonds is 5. The van der Waals surface area contributed by atoms with Crippen LogP contribution in [0.25, 0.3) is 0 Å².